The van der Waals surface area contributed by atoms with Crippen molar-refractivity contribution in [1.82, 2.24) is 9.80 Å². The van der Waals surface area contributed by atoms with Gasteiger partial charge in [0.1, 0.15) is 6.34 Å². The molecule has 2 aliphatic heterocycles. The zero-order chi connectivity index (χ0) is 24.4. The lowest BCUT2D eigenvalue weighted by Gasteiger charge is -2.36. The standard InChI is InChI=1S/C26H32N6O3/c27-29-17-32(28)21-3-6-22-19(16-21)2-5-24(22)25(33)31-12-10-30(11-13-31)9-7-18-1-4-23-20(15-18)8-14-35-26(23)34/h1,3-4,6,15-17,24H,2,5,7-14,27-28H2/b29-17-. The van der Waals surface area contributed by atoms with Crippen LogP contribution in [0.5, 0.6) is 0 Å². The highest BCUT2D eigenvalue weighted by Gasteiger charge is 2.33. The molecule has 1 saturated heterocycles. The lowest BCUT2D eigenvalue weighted by molar-refractivity contribution is -0.134. The average molecular weight is 477 g/mol. The van der Waals surface area contributed by atoms with E-state index in [1.807, 2.05) is 35.2 Å². The molecule has 0 bridgehead atoms. The fourth-order valence-corrected chi connectivity index (χ4v) is 5.40. The van der Waals surface area contributed by atoms with Gasteiger partial charge in [0.2, 0.25) is 5.91 Å². The Morgan fingerprint density at radius 1 is 1.11 bits per heavy atom. The molecule has 1 unspecified atom stereocenters. The van der Waals surface area contributed by atoms with Crippen LogP contribution in [0.15, 0.2) is 41.5 Å². The van der Waals surface area contributed by atoms with Crippen LogP contribution in [0.4, 0.5) is 5.69 Å². The highest BCUT2D eigenvalue weighted by atomic mass is 16.5. The number of hydrogen-bond donors (Lipinski definition) is 2. The van der Waals surface area contributed by atoms with Crippen molar-refractivity contribution in [2.24, 2.45) is 16.8 Å². The van der Waals surface area contributed by atoms with Crippen molar-refractivity contribution in [2.75, 3.05) is 44.3 Å². The van der Waals surface area contributed by atoms with Crippen LogP contribution in [0, 0.1) is 0 Å². The topological polar surface area (TPSA) is 117 Å². The van der Waals surface area contributed by atoms with E-state index in [4.69, 9.17) is 16.4 Å². The van der Waals surface area contributed by atoms with Gasteiger partial charge in [-0.05, 0) is 59.7 Å². The molecular formula is C26H32N6O3. The van der Waals surface area contributed by atoms with Gasteiger partial charge in [-0.15, -0.1) is 0 Å². The Hall–Kier alpha value is -3.43. The van der Waals surface area contributed by atoms with Gasteiger partial charge in [0.25, 0.3) is 0 Å². The summed E-state index contributed by atoms with van der Waals surface area (Å²) in [6, 6.07) is 12.0. The van der Waals surface area contributed by atoms with E-state index in [-0.39, 0.29) is 17.8 Å². The Kier molecular flexibility index (Phi) is 6.70. The summed E-state index contributed by atoms with van der Waals surface area (Å²) < 4.78 is 5.11. The molecule has 1 fully saturated rings. The molecule has 1 atom stereocenters. The number of anilines is 1. The van der Waals surface area contributed by atoms with Gasteiger partial charge >= 0.3 is 5.97 Å². The zero-order valence-electron chi connectivity index (χ0n) is 19.9. The second kappa shape index (κ2) is 10.1. The maximum atomic E-state index is 13.3. The van der Waals surface area contributed by atoms with Crippen molar-refractivity contribution in [3.63, 3.8) is 0 Å². The second-order valence-electron chi connectivity index (χ2n) is 9.44. The zero-order valence-corrected chi connectivity index (χ0v) is 19.9. The van der Waals surface area contributed by atoms with E-state index in [2.05, 4.69) is 16.1 Å². The molecule has 0 spiro atoms. The minimum atomic E-state index is -0.216. The van der Waals surface area contributed by atoms with Crippen LogP contribution in [0.2, 0.25) is 0 Å². The maximum Gasteiger partial charge on any atom is 0.338 e. The summed E-state index contributed by atoms with van der Waals surface area (Å²) >= 11 is 0. The number of nitrogens with two attached hydrogens (primary N) is 2. The van der Waals surface area contributed by atoms with Gasteiger partial charge in [0.05, 0.1) is 23.8 Å². The Morgan fingerprint density at radius 2 is 1.94 bits per heavy atom. The number of fused-ring (bicyclic) bond motifs is 2. The number of rotatable bonds is 6. The lowest BCUT2D eigenvalue weighted by atomic mass is 9.98. The van der Waals surface area contributed by atoms with Crippen LogP contribution in [0.25, 0.3) is 0 Å². The summed E-state index contributed by atoms with van der Waals surface area (Å²) in [5.41, 5.74) is 6.10. The van der Waals surface area contributed by atoms with Gasteiger partial charge in [-0.2, -0.15) is 5.10 Å². The predicted octanol–water partition coefficient (Wildman–Crippen LogP) is 1.40. The number of hydrogen-bond acceptors (Lipinski definition) is 7. The number of carbonyl (C=O) groups excluding carboxylic acids is 2. The number of esters is 1. The van der Waals surface area contributed by atoms with Gasteiger partial charge in [0.15, 0.2) is 0 Å². The summed E-state index contributed by atoms with van der Waals surface area (Å²) in [6.07, 6.45) is 4.78. The monoisotopic (exact) mass is 476 g/mol. The smallest absolute Gasteiger partial charge is 0.338 e. The number of piperazine rings is 1. The van der Waals surface area contributed by atoms with Crippen molar-refractivity contribution in [3.05, 3.63) is 64.2 Å². The van der Waals surface area contributed by atoms with Gasteiger partial charge in [0, 0.05) is 39.1 Å². The summed E-state index contributed by atoms with van der Waals surface area (Å²) in [5, 5.41) is 4.84. The van der Waals surface area contributed by atoms with E-state index < -0.39 is 0 Å². The van der Waals surface area contributed by atoms with E-state index in [9.17, 15) is 9.59 Å². The van der Waals surface area contributed by atoms with Crippen LogP contribution in [-0.4, -0.2) is 67.3 Å². The molecule has 35 heavy (non-hydrogen) atoms. The third-order valence-electron chi connectivity index (χ3n) is 7.39. The number of aryl methyl sites for hydroxylation is 1. The van der Waals surface area contributed by atoms with E-state index in [0.29, 0.717) is 12.2 Å². The summed E-state index contributed by atoms with van der Waals surface area (Å²) in [6.45, 7) is 4.67. The second-order valence-corrected chi connectivity index (χ2v) is 9.44. The Balaban J connectivity index is 1.14. The highest BCUT2D eigenvalue weighted by molar-refractivity contribution is 5.92. The van der Waals surface area contributed by atoms with Crippen LogP contribution < -0.4 is 16.7 Å². The minimum Gasteiger partial charge on any atom is -0.462 e. The summed E-state index contributed by atoms with van der Waals surface area (Å²) in [4.78, 5) is 29.6. The van der Waals surface area contributed by atoms with Gasteiger partial charge < -0.3 is 15.5 Å². The molecule has 0 aromatic heterocycles. The molecule has 3 aliphatic rings. The predicted molar refractivity (Wildman–Crippen MR) is 134 cm³/mol. The first-order valence-corrected chi connectivity index (χ1v) is 12.2. The molecule has 184 valence electrons. The highest BCUT2D eigenvalue weighted by Crippen LogP contribution is 2.36. The number of nitrogens with zero attached hydrogens (tertiary/aromatic N) is 4. The SMILES string of the molecule is N/N=C\N(N)c1ccc2c(c1)CCC2C(=O)N1CCN(CCc2ccc3c(c2)CCOC3=O)CC1. The number of ether oxygens (including phenoxy) is 1. The Labute approximate surface area is 205 Å². The quantitative estimate of drug-likeness (QED) is 0.213. The number of carbonyl (C=O) groups is 2. The fourth-order valence-electron chi connectivity index (χ4n) is 5.40. The van der Waals surface area contributed by atoms with E-state index in [1.165, 1.54) is 22.5 Å². The molecule has 5 rings (SSSR count). The van der Waals surface area contributed by atoms with Crippen molar-refractivity contribution >= 4 is 23.9 Å². The molecule has 1 aliphatic carbocycles. The van der Waals surface area contributed by atoms with Crippen LogP contribution in [0.1, 0.15) is 45.0 Å². The third-order valence-corrected chi connectivity index (χ3v) is 7.39. The Morgan fingerprint density at radius 3 is 2.74 bits per heavy atom. The number of benzene rings is 2. The van der Waals surface area contributed by atoms with Gasteiger partial charge in [-0.3, -0.25) is 14.7 Å². The molecular weight excluding hydrogens is 444 g/mol. The molecule has 2 heterocycles. The van der Waals surface area contributed by atoms with Gasteiger partial charge in [-0.25, -0.2) is 10.6 Å². The molecule has 2 aromatic rings. The molecule has 4 N–H and O–H groups in total. The lowest BCUT2D eigenvalue weighted by Crippen LogP contribution is -2.50. The molecule has 0 radical (unpaired) electrons. The van der Waals surface area contributed by atoms with E-state index >= 15 is 0 Å². The molecule has 2 aromatic carbocycles. The molecule has 1 amide bonds. The van der Waals surface area contributed by atoms with Gasteiger partial charge in [-0.1, -0.05) is 18.2 Å². The number of hydrazine groups is 1. The Bertz CT molecular complexity index is 1140. The van der Waals surface area contributed by atoms with Crippen molar-refractivity contribution in [1.29, 1.82) is 0 Å². The first-order valence-electron chi connectivity index (χ1n) is 12.2. The molecule has 0 saturated carbocycles. The maximum absolute atomic E-state index is 13.3. The van der Waals surface area contributed by atoms with Crippen LogP contribution in [0.3, 0.4) is 0 Å². The molecule has 9 nitrogen and oxygen atoms in total. The van der Waals surface area contributed by atoms with Crippen LogP contribution >= 0.6 is 0 Å². The summed E-state index contributed by atoms with van der Waals surface area (Å²) in [5.74, 6) is 11.0. The summed E-state index contributed by atoms with van der Waals surface area (Å²) in [7, 11) is 0. The third kappa shape index (κ3) is 4.87. The minimum absolute atomic E-state index is 0.0813. The number of hydrazone groups is 1. The van der Waals surface area contributed by atoms with Crippen molar-refractivity contribution < 1.29 is 14.3 Å². The van der Waals surface area contributed by atoms with Crippen molar-refractivity contribution in [3.8, 4) is 0 Å². The number of amides is 1. The molecule has 9 heteroatoms. The first kappa shape index (κ1) is 23.3. The first-order chi connectivity index (χ1) is 17.0. The van der Waals surface area contributed by atoms with E-state index in [0.717, 1.165) is 75.2 Å². The number of cyclic esters (lactones) is 1. The average Bonchev–Trinajstić information content (AvgIpc) is 3.31. The van der Waals surface area contributed by atoms with E-state index in [1.54, 1.807) is 0 Å². The fraction of sp³-hybridized carbons (Fsp3) is 0.423. The normalized spacial score (nSPS) is 20.0. The van der Waals surface area contributed by atoms with Crippen LogP contribution in [-0.2, 0) is 28.8 Å². The van der Waals surface area contributed by atoms with Crippen molar-refractivity contribution in [2.45, 2.75) is 31.6 Å². The largest absolute Gasteiger partial charge is 0.462 e.